The van der Waals surface area contributed by atoms with E-state index in [-0.39, 0.29) is 17.5 Å². The van der Waals surface area contributed by atoms with Gasteiger partial charge in [0, 0.05) is 29.6 Å². The summed E-state index contributed by atoms with van der Waals surface area (Å²) >= 11 is 0. The van der Waals surface area contributed by atoms with Gasteiger partial charge in [-0.1, -0.05) is 12.5 Å². The largest absolute Gasteiger partial charge is 0.330 e. The maximum absolute atomic E-state index is 13.3. The van der Waals surface area contributed by atoms with Gasteiger partial charge in [-0.05, 0) is 53.4 Å². The minimum Gasteiger partial charge on any atom is -0.330 e. The fourth-order valence-electron chi connectivity index (χ4n) is 3.87. The number of allylic oxidation sites excluding steroid dienone is 1. The van der Waals surface area contributed by atoms with Gasteiger partial charge in [-0.3, -0.25) is 14.7 Å². The van der Waals surface area contributed by atoms with Crippen LogP contribution in [0.3, 0.4) is 0 Å². The fraction of sp³-hybridized carbons (Fsp3) is 0.524. The first-order chi connectivity index (χ1) is 13.3. The van der Waals surface area contributed by atoms with Crippen LogP contribution in [0.25, 0.3) is 5.65 Å². The lowest BCUT2D eigenvalue weighted by Crippen LogP contribution is -2.41. The highest BCUT2D eigenvalue weighted by Gasteiger charge is 2.32. The number of rotatable bonds is 4. The van der Waals surface area contributed by atoms with Crippen LogP contribution < -0.4 is 5.56 Å². The molecule has 0 radical (unpaired) electrons. The Bertz CT molecular complexity index is 1020. The minimum atomic E-state index is -0.151. The predicted octanol–water partition coefficient (Wildman–Crippen LogP) is 3.46. The van der Waals surface area contributed by atoms with Gasteiger partial charge >= 0.3 is 0 Å². The highest BCUT2D eigenvalue weighted by molar-refractivity contribution is 6.20. The topological polar surface area (TPSA) is 94.3 Å². The Morgan fingerprint density at radius 1 is 1.32 bits per heavy atom. The number of carbonyl (C=O) groups is 1. The SMILES string of the molecule is CCC(=N)C(C(=O)N1CCCCC1c1cc2nc(C)c(C)c(=O)n2[nH]1)=C(C)C. The van der Waals surface area contributed by atoms with Gasteiger partial charge in [0.1, 0.15) is 0 Å². The van der Waals surface area contributed by atoms with Crippen molar-refractivity contribution < 1.29 is 4.79 Å². The number of aromatic amines is 1. The van der Waals surface area contributed by atoms with Crippen molar-refractivity contribution in [2.45, 2.75) is 66.3 Å². The number of hydrogen-bond donors (Lipinski definition) is 2. The van der Waals surface area contributed by atoms with E-state index in [0.29, 0.717) is 35.5 Å². The van der Waals surface area contributed by atoms with Crippen molar-refractivity contribution in [2.75, 3.05) is 6.54 Å². The van der Waals surface area contributed by atoms with Gasteiger partial charge in [-0.2, -0.15) is 0 Å². The van der Waals surface area contributed by atoms with Crippen LogP contribution in [0.4, 0.5) is 0 Å². The molecule has 1 saturated heterocycles. The normalized spacial score (nSPS) is 17.0. The molecule has 1 fully saturated rings. The summed E-state index contributed by atoms with van der Waals surface area (Å²) in [4.78, 5) is 32.3. The second-order valence-corrected chi connectivity index (χ2v) is 7.75. The van der Waals surface area contributed by atoms with Crippen molar-refractivity contribution in [3.05, 3.63) is 44.5 Å². The molecule has 0 aliphatic carbocycles. The molecule has 2 N–H and O–H groups in total. The molecule has 150 valence electrons. The molecule has 2 aromatic rings. The second kappa shape index (κ2) is 7.73. The molecule has 0 aromatic carbocycles. The highest BCUT2D eigenvalue weighted by Crippen LogP contribution is 2.32. The van der Waals surface area contributed by atoms with E-state index in [0.717, 1.165) is 36.2 Å². The Morgan fingerprint density at radius 2 is 2.04 bits per heavy atom. The summed E-state index contributed by atoms with van der Waals surface area (Å²) in [6, 6.07) is 1.72. The maximum atomic E-state index is 13.3. The van der Waals surface area contributed by atoms with Crippen LogP contribution in [0.15, 0.2) is 22.0 Å². The molecule has 1 amide bonds. The summed E-state index contributed by atoms with van der Waals surface area (Å²) in [6.07, 6.45) is 3.30. The Kier molecular flexibility index (Phi) is 5.54. The van der Waals surface area contributed by atoms with Crippen molar-refractivity contribution in [2.24, 2.45) is 0 Å². The summed E-state index contributed by atoms with van der Waals surface area (Å²) in [5.41, 5.74) is 4.36. The maximum Gasteiger partial charge on any atom is 0.275 e. The van der Waals surface area contributed by atoms with Crippen LogP contribution in [0.5, 0.6) is 0 Å². The molecule has 0 spiro atoms. The molecule has 1 aliphatic heterocycles. The third kappa shape index (κ3) is 3.41. The van der Waals surface area contributed by atoms with E-state index in [1.54, 1.807) is 6.92 Å². The first kappa shape index (κ1) is 20.0. The van der Waals surface area contributed by atoms with Crippen LogP contribution >= 0.6 is 0 Å². The summed E-state index contributed by atoms with van der Waals surface area (Å²) < 4.78 is 1.46. The summed E-state index contributed by atoms with van der Waals surface area (Å²) in [6.45, 7) is 9.91. The van der Waals surface area contributed by atoms with Crippen molar-refractivity contribution in [3.63, 3.8) is 0 Å². The van der Waals surface area contributed by atoms with Gasteiger partial charge < -0.3 is 10.3 Å². The zero-order valence-electron chi connectivity index (χ0n) is 17.3. The zero-order chi connectivity index (χ0) is 20.6. The number of nitrogens with one attached hydrogen (secondary N) is 2. The fourth-order valence-corrected chi connectivity index (χ4v) is 3.87. The van der Waals surface area contributed by atoms with Crippen LogP contribution in [0.1, 0.15) is 69.4 Å². The lowest BCUT2D eigenvalue weighted by molar-refractivity contribution is -0.130. The molecule has 1 aliphatic rings. The Morgan fingerprint density at radius 3 is 2.68 bits per heavy atom. The molecule has 2 aromatic heterocycles. The first-order valence-electron chi connectivity index (χ1n) is 9.91. The molecular formula is C21H29N5O2. The average molecular weight is 383 g/mol. The highest BCUT2D eigenvalue weighted by atomic mass is 16.2. The lowest BCUT2D eigenvalue weighted by atomic mass is 9.95. The zero-order valence-corrected chi connectivity index (χ0v) is 17.3. The van der Waals surface area contributed by atoms with Gasteiger partial charge in [0.2, 0.25) is 0 Å². The third-order valence-corrected chi connectivity index (χ3v) is 5.60. The standard InChI is InChI=1S/C21H29N5O2/c1-6-15(22)19(12(2)3)21(28)25-10-8-7-9-17(25)16-11-18-23-14(5)13(4)20(27)26(18)24-16/h11,17,22,24H,6-10H2,1-5H3. The van der Waals surface area contributed by atoms with E-state index >= 15 is 0 Å². The van der Waals surface area contributed by atoms with E-state index in [4.69, 9.17) is 5.41 Å². The molecule has 1 atom stereocenters. The van der Waals surface area contributed by atoms with Crippen LogP contribution in [-0.2, 0) is 4.79 Å². The van der Waals surface area contributed by atoms with Crippen molar-refractivity contribution >= 4 is 17.3 Å². The van der Waals surface area contributed by atoms with Crippen LogP contribution in [0, 0.1) is 19.3 Å². The smallest absolute Gasteiger partial charge is 0.275 e. The van der Waals surface area contributed by atoms with E-state index in [2.05, 4.69) is 10.1 Å². The Hall–Kier alpha value is -2.70. The van der Waals surface area contributed by atoms with E-state index < -0.39 is 0 Å². The molecule has 7 nitrogen and oxygen atoms in total. The number of piperidine rings is 1. The third-order valence-electron chi connectivity index (χ3n) is 5.60. The van der Waals surface area contributed by atoms with E-state index in [1.165, 1.54) is 4.52 Å². The second-order valence-electron chi connectivity index (χ2n) is 7.75. The number of hydrogen-bond acceptors (Lipinski definition) is 4. The van der Waals surface area contributed by atoms with Gasteiger partial charge in [0.25, 0.3) is 11.5 Å². The monoisotopic (exact) mass is 383 g/mol. The molecule has 1 unspecified atom stereocenters. The van der Waals surface area contributed by atoms with Crippen molar-refractivity contribution in [3.8, 4) is 0 Å². The first-order valence-corrected chi connectivity index (χ1v) is 9.91. The number of amides is 1. The molecule has 28 heavy (non-hydrogen) atoms. The summed E-state index contributed by atoms with van der Waals surface area (Å²) in [5.74, 6) is -0.0946. The van der Waals surface area contributed by atoms with Gasteiger partial charge in [-0.15, -0.1) is 0 Å². The van der Waals surface area contributed by atoms with Gasteiger partial charge in [-0.25, -0.2) is 9.50 Å². The predicted molar refractivity (Wildman–Crippen MR) is 110 cm³/mol. The van der Waals surface area contributed by atoms with Crippen LogP contribution in [0.2, 0.25) is 0 Å². The Labute approximate surface area is 165 Å². The molecule has 3 rings (SSSR count). The average Bonchev–Trinajstić information content (AvgIpc) is 3.09. The van der Waals surface area contributed by atoms with Crippen molar-refractivity contribution in [1.29, 1.82) is 5.41 Å². The number of H-pyrrole nitrogens is 1. The number of fused-ring (bicyclic) bond motifs is 1. The molecule has 7 heteroatoms. The number of carbonyl (C=O) groups excluding carboxylic acids is 1. The Balaban J connectivity index is 2.05. The molecular weight excluding hydrogens is 354 g/mol. The van der Waals surface area contributed by atoms with Crippen molar-refractivity contribution in [1.82, 2.24) is 19.5 Å². The summed E-state index contributed by atoms with van der Waals surface area (Å²) in [7, 11) is 0. The quantitative estimate of drug-likeness (QED) is 0.625. The number of likely N-dealkylation sites (tertiary alicyclic amines) is 1. The number of aromatic nitrogens is 3. The van der Waals surface area contributed by atoms with Crippen LogP contribution in [-0.4, -0.2) is 37.7 Å². The molecule has 0 saturated carbocycles. The van der Waals surface area contributed by atoms with Gasteiger partial charge in [0.05, 0.1) is 17.3 Å². The molecule has 0 bridgehead atoms. The number of aryl methyl sites for hydroxylation is 1. The van der Waals surface area contributed by atoms with Gasteiger partial charge in [0.15, 0.2) is 5.65 Å². The van der Waals surface area contributed by atoms with E-state index in [1.807, 2.05) is 38.7 Å². The lowest BCUT2D eigenvalue weighted by Gasteiger charge is -2.36. The van der Waals surface area contributed by atoms with E-state index in [9.17, 15) is 9.59 Å². The minimum absolute atomic E-state index is 0.0946. The number of nitrogens with zero attached hydrogens (tertiary/aromatic N) is 3. The molecule has 3 heterocycles. The summed E-state index contributed by atoms with van der Waals surface area (Å²) in [5, 5.41) is 11.4.